The molecular formula is C31H33FN2O3S. The number of nitrogens with zero attached hydrogens (tertiary/aromatic N) is 1. The normalized spacial score (nSPS) is 12.7. The van der Waals surface area contributed by atoms with Crippen LogP contribution in [0.15, 0.2) is 89.8 Å². The molecule has 0 aliphatic rings. The number of rotatable bonds is 11. The summed E-state index contributed by atoms with van der Waals surface area (Å²) in [6.45, 7) is 5.23. The SMILES string of the molecule is CN(C[C@H](O)CNC(C)(C)Cc1ccc2ccccc2c1)Sc1ccc(-c2ccc(C(=O)O)cc2F)cc1. The van der Waals surface area contributed by atoms with Crippen molar-refractivity contribution in [2.45, 2.75) is 36.8 Å². The van der Waals surface area contributed by atoms with Crippen LogP contribution in [0.4, 0.5) is 4.39 Å². The highest BCUT2D eigenvalue weighted by Crippen LogP contribution is 2.28. The third kappa shape index (κ3) is 7.42. The minimum absolute atomic E-state index is 0.0785. The van der Waals surface area contributed by atoms with Crippen LogP contribution in [0, 0.1) is 5.82 Å². The van der Waals surface area contributed by atoms with Gasteiger partial charge in [-0.25, -0.2) is 13.5 Å². The molecule has 4 aromatic carbocycles. The molecule has 4 aromatic rings. The lowest BCUT2D eigenvalue weighted by molar-refractivity contribution is 0.0696. The predicted molar refractivity (Wildman–Crippen MR) is 153 cm³/mol. The van der Waals surface area contributed by atoms with Crippen molar-refractivity contribution in [2.75, 3.05) is 20.1 Å². The Morgan fingerprint density at radius 1 is 1.00 bits per heavy atom. The first kappa shape index (κ1) is 27.8. The third-order valence-corrected chi connectivity index (χ3v) is 7.33. The van der Waals surface area contributed by atoms with E-state index in [0.29, 0.717) is 24.2 Å². The molecule has 3 N–H and O–H groups in total. The standard InChI is InChI=1S/C31H33FN2O3S/c1-31(2,18-21-8-9-22-6-4-5-7-24(22)16-21)33-19-26(35)20-34(3)38-27-13-10-23(11-14-27)28-15-12-25(30(36)37)17-29(28)32/h4-17,26,33,35H,18-20H2,1-3H3,(H,36,37)/t26-/m1/s1. The van der Waals surface area contributed by atoms with E-state index >= 15 is 0 Å². The Morgan fingerprint density at radius 3 is 2.39 bits per heavy atom. The molecule has 7 heteroatoms. The van der Waals surface area contributed by atoms with Gasteiger partial charge in [0.25, 0.3) is 0 Å². The highest BCUT2D eigenvalue weighted by Gasteiger charge is 2.20. The van der Waals surface area contributed by atoms with Crippen LogP contribution in [0.1, 0.15) is 29.8 Å². The maximum atomic E-state index is 14.4. The summed E-state index contributed by atoms with van der Waals surface area (Å²) in [6, 6.07) is 26.2. The Kier molecular flexibility index (Phi) is 8.84. The molecule has 4 rings (SSSR count). The van der Waals surface area contributed by atoms with Crippen LogP contribution in [0.2, 0.25) is 0 Å². The zero-order valence-electron chi connectivity index (χ0n) is 21.8. The molecule has 0 unspecified atom stereocenters. The van der Waals surface area contributed by atoms with Crippen molar-refractivity contribution in [1.29, 1.82) is 0 Å². The van der Waals surface area contributed by atoms with E-state index in [1.54, 1.807) is 0 Å². The molecule has 38 heavy (non-hydrogen) atoms. The van der Waals surface area contributed by atoms with Crippen LogP contribution >= 0.6 is 11.9 Å². The maximum absolute atomic E-state index is 14.4. The van der Waals surface area contributed by atoms with E-state index in [2.05, 4.69) is 55.6 Å². The Morgan fingerprint density at radius 2 is 1.71 bits per heavy atom. The van der Waals surface area contributed by atoms with E-state index in [9.17, 15) is 14.3 Å². The van der Waals surface area contributed by atoms with Crippen LogP contribution in [-0.2, 0) is 6.42 Å². The van der Waals surface area contributed by atoms with E-state index in [1.165, 1.54) is 40.4 Å². The Labute approximate surface area is 227 Å². The minimum Gasteiger partial charge on any atom is -0.478 e. The van der Waals surface area contributed by atoms with Crippen molar-refractivity contribution in [2.24, 2.45) is 0 Å². The average Bonchev–Trinajstić information content (AvgIpc) is 2.88. The van der Waals surface area contributed by atoms with Crippen LogP contribution in [-0.4, -0.2) is 52.3 Å². The van der Waals surface area contributed by atoms with Gasteiger partial charge in [-0.3, -0.25) is 0 Å². The molecule has 0 aromatic heterocycles. The summed E-state index contributed by atoms with van der Waals surface area (Å²) in [4.78, 5) is 12.0. The lowest BCUT2D eigenvalue weighted by Crippen LogP contribution is -2.46. The van der Waals surface area contributed by atoms with Crippen molar-refractivity contribution >= 4 is 28.7 Å². The van der Waals surface area contributed by atoms with Gasteiger partial charge < -0.3 is 15.5 Å². The summed E-state index contributed by atoms with van der Waals surface area (Å²) >= 11 is 1.50. The molecule has 0 spiro atoms. The van der Waals surface area contributed by atoms with E-state index in [0.717, 1.165) is 17.4 Å². The number of carboxylic acid groups (broad SMARTS) is 1. The van der Waals surface area contributed by atoms with Gasteiger partial charge in [-0.1, -0.05) is 60.7 Å². The number of hydrogen-bond donors (Lipinski definition) is 3. The lowest BCUT2D eigenvalue weighted by atomic mass is 9.93. The number of carboxylic acids is 1. The largest absolute Gasteiger partial charge is 0.478 e. The average molecular weight is 533 g/mol. The molecule has 0 saturated carbocycles. The van der Waals surface area contributed by atoms with Gasteiger partial charge in [-0.05, 0) is 85.4 Å². The summed E-state index contributed by atoms with van der Waals surface area (Å²) in [7, 11) is 1.92. The number of carbonyl (C=O) groups is 1. The summed E-state index contributed by atoms with van der Waals surface area (Å²) in [6.07, 6.45) is 0.297. The fraction of sp³-hybridized carbons (Fsp3) is 0.258. The van der Waals surface area contributed by atoms with Crippen LogP contribution < -0.4 is 5.32 Å². The molecule has 0 fully saturated rings. The number of aliphatic hydroxyl groups is 1. The second-order valence-corrected chi connectivity index (χ2v) is 11.5. The van der Waals surface area contributed by atoms with Gasteiger partial charge in [-0.15, -0.1) is 0 Å². The first-order valence-corrected chi connectivity index (χ1v) is 13.3. The highest BCUT2D eigenvalue weighted by atomic mass is 32.2. The zero-order chi connectivity index (χ0) is 27.3. The summed E-state index contributed by atoms with van der Waals surface area (Å²) in [5, 5.41) is 25.6. The van der Waals surface area contributed by atoms with Crippen molar-refractivity contribution in [3.8, 4) is 11.1 Å². The van der Waals surface area contributed by atoms with Crippen molar-refractivity contribution in [3.05, 3.63) is 102 Å². The molecule has 0 saturated heterocycles. The zero-order valence-corrected chi connectivity index (χ0v) is 22.6. The van der Waals surface area contributed by atoms with Gasteiger partial charge in [0.05, 0.1) is 11.7 Å². The second kappa shape index (κ2) is 12.1. The molecule has 1 atom stereocenters. The van der Waals surface area contributed by atoms with Gasteiger partial charge in [0.15, 0.2) is 0 Å². The number of hydrogen-bond acceptors (Lipinski definition) is 5. The highest BCUT2D eigenvalue weighted by molar-refractivity contribution is 7.97. The summed E-state index contributed by atoms with van der Waals surface area (Å²) < 4.78 is 16.4. The number of fused-ring (bicyclic) bond motifs is 1. The molecule has 0 aliphatic heterocycles. The van der Waals surface area contributed by atoms with Crippen LogP contribution in [0.5, 0.6) is 0 Å². The quantitative estimate of drug-likeness (QED) is 0.198. The Bertz CT molecular complexity index is 1410. The molecule has 0 amide bonds. The first-order chi connectivity index (χ1) is 18.1. The van der Waals surface area contributed by atoms with E-state index < -0.39 is 17.9 Å². The number of β-amino-alcohol motifs (C(OH)–C–C–N with tert-alkyl or cyclic N) is 1. The topological polar surface area (TPSA) is 72.8 Å². The Hall–Kier alpha value is -3.23. The van der Waals surface area contributed by atoms with Gasteiger partial charge in [0.1, 0.15) is 5.82 Å². The first-order valence-electron chi connectivity index (χ1n) is 12.5. The number of halogens is 1. The monoisotopic (exact) mass is 532 g/mol. The van der Waals surface area contributed by atoms with Crippen molar-refractivity contribution in [1.82, 2.24) is 9.62 Å². The molecule has 0 bridgehead atoms. The number of likely N-dealkylation sites (N-methyl/N-ethyl adjacent to an activating group) is 1. The number of benzene rings is 4. The second-order valence-electron chi connectivity index (χ2n) is 10.2. The van der Waals surface area contributed by atoms with Crippen LogP contribution in [0.25, 0.3) is 21.9 Å². The van der Waals surface area contributed by atoms with E-state index in [1.807, 2.05) is 41.7 Å². The fourth-order valence-corrected chi connectivity index (χ4v) is 5.34. The van der Waals surface area contributed by atoms with Gasteiger partial charge in [0.2, 0.25) is 0 Å². The molecule has 198 valence electrons. The third-order valence-electron chi connectivity index (χ3n) is 6.39. The van der Waals surface area contributed by atoms with Crippen molar-refractivity contribution < 1.29 is 19.4 Å². The molecular weight excluding hydrogens is 499 g/mol. The summed E-state index contributed by atoms with van der Waals surface area (Å²) in [5.74, 6) is -1.72. The van der Waals surface area contributed by atoms with Gasteiger partial charge >= 0.3 is 5.97 Å². The summed E-state index contributed by atoms with van der Waals surface area (Å²) in [5.41, 5.74) is 2.02. The van der Waals surface area contributed by atoms with Gasteiger partial charge in [0, 0.05) is 29.1 Å². The van der Waals surface area contributed by atoms with E-state index in [-0.39, 0.29) is 11.1 Å². The Balaban J connectivity index is 1.27. The number of aromatic carboxylic acids is 1. The number of aliphatic hydroxyl groups excluding tert-OH is 1. The predicted octanol–water partition coefficient (Wildman–Crippen LogP) is 6.25. The molecule has 0 aliphatic carbocycles. The number of nitrogens with one attached hydrogen (secondary N) is 1. The fourth-order valence-electron chi connectivity index (χ4n) is 4.47. The van der Waals surface area contributed by atoms with Crippen molar-refractivity contribution in [3.63, 3.8) is 0 Å². The van der Waals surface area contributed by atoms with E-state index in [4.69, 9.17) is 5.11 Å². The van der Waals surface area contributed by atoms with Crippen LogP contribution in [0.3, 0.4) is 0 Å². The molecule has 0 heterocycles. The smallest absolute Gasteiger partial charge is 0.335 e. The molecule has 0 radical (unpaired) electrons. The minimum atomic E-state index is -1.16. The maximum Gasteiger partial charge on any atom is 0.335 e. The molecule has 5 nitrogen and oxygen atoms in total. The lowest BCUT2D eigenvalue weighted by Gasteiger charge is -2.29. The van der Waals surface area contributed by atoms with Gasteiger partial charge in [-0.2, -0.15) is 0 Å².